The molecule has 0 aliphatic carbocycles. The Morgan fingerprint density at radius 3 is 2.33 bits per heavy atom. The summed E-state index contributed by atoms with van der Waals surface area (Å²) in [6.07, 6.45) is 1.48. The topological polar surface area (TPSA) is 32.3 Å². The molecule has 2 N–H and O–H groups in total. The van der Waals surface area contributed by atoms with E-state index >= 15 is 0 Å². The van der Waals surface area contributed by atoms with Gasteiger partial charge in [0.1, 0.15) is 6.23 Å². The number of aliphatic hydroxyl groups is 1. The quantitative estimate of drug-likeness (QED) is 0.551. The van der Waals surface area contributed by atoms with E-state index in [1.165, 1.54) is 4.90 Å². The number of rotatable bonds is 3. The van der Waals surface area contributed by atoms with Crippen LogP contribution in [0.4, 0.5) is 0 Å². The molecule has 0 saturated heterocycles. The van der Waals surface area contributed by atoms with E-state index in [2.05, 4.69) is 5.32 Å². The number of aliphatic hydroxyl groups excluding tert-OH is 1. The molecule has 0 bridgehead atoms. The van der Waals surface area contributed by atoms with Gasteiger partial charge in [0.25, 0.3) is 0 Å². The Bertz CT molecular complexity index is 235. The molecule has 0 radical (unpaired) electrons. The maximum absolute atomic E-state index is 9.37. The third kappa shape index (κ3) is 2.24. The predicted molar refractivity (Wildman–Crippen MR) is 52.2 cm³/mol. The molecule has 0 amide bonds. The van der Waals surface area contributed by atoms with Crippen molar-refractivity contribution in [2.75, 3.05) is 13.3 Å². The van der Waals surface area contributed by atoms with Crippen LogP contribution in [0, 0.1) is 0 Å². The van der Waals surface area contributed by atoms with Crippen molar-refractivity contribution in [1.82, 2.24) is 5.32 Å². The monoisotopic (exact) mass is 183 g/mol. The molecule has 1 aromatic carbocycles. The molecule has 0 heterocycles. The summed E-state index contributed by atoms with van der Waals surface area (Å²) in [6.45, 7) is 0. The predicted octanol–water partition coefficient (Wildman–Crippen LogP) is 1.62. The molecule has 0 aliphatic heterocycles. The highest BCUT2D eigenvalue weighted by atomic mass is 32.2. The van der Waals surface area contributed by atoms with Crippen molar-refractivity contribution in [2.24, 2.45) is 0 Å². The third-order valence-electron chi connectivity index (χ3n) is 1.70. The summed E-state index contributed by atoms with van der Waals surface area (Å²) < 4.78 is 0. The maximum atomic E-state index is 9.37. The lowest BCUT2D eigenvalue weighted by Crippen LogP contribution is -2.14. The molecular weight excluding hydrogens is 170 g/mol. The Morgan fingerprint density at radius 2 is 1.92 bits per heavy atom. The highest BCUT2D eigenvalue weighted by Crippen LogP contribution is 2.17. The smallest absolute Gasteiger partial charge is 0.130 e. The molecule has 3 heteroatoms. The largest absolute Gasteiger partial charge is 0.374 e. The van der Waals surface area contributed by atoms with E-state index in [0.717, 1.165) is 5.56 Å². The molecule has 1 atom stereocenters. The van der Waals surface area contributed by atoms with Gasteiger partial charge in [-0.05, 0) is 31.0 Å². The fraction of sp³-hybridized carbons (Fsp3) is 0.333. The van der Waals surface area contributed by atoms with Crippen LogP contribution >= 0.6 is 11.8 Å². The number of benzene rings is 1. The normalized spacial score (nSPS) is 12.9. The van der Waals surface area contributed by atoms with E-state index in [0.29, 0.717) is 0 Å². The third-order valence-corrected chi connectivity index (χ3v) is 2.45. The minimum Gasteiger partial charge on any atom is -0.374 e. The van der Waals surface area contributed by atoms with Crippen LogP contribution in [0.1, 0.15) is 11.8 Å². The lowest BCUT2D eigenvalue weighted by atomic mass is 10.2. The van der Waals surface area contributed by atoms with Crippen molar-refractivity contribution in [3.8, 4) is 0 Å². The van der Waals surface area contributed by atoms with Gasteiger partial charge in [-0.1, -0.05) is 12.1 Å². The Labute approximate surface area is 77.0 Å². The van der Waals surface area contributed by atoms with Crippen LogP contribution in [0.2, 0.25) is 0 Å². The van der Waals surface area contributed by atoms with E-state index in [1.54, 1.807) is 18.8 Å². The van der Waals surface area contributed by atoms with Gasteiger partial charge in [0.2, 0.25) is 0 Å². The van der Waals surface area contributed by atoms with Gasteiger partial charge in [0.15, 0.2) is 0 Å². The lowest BCUT2D eigenvalue weighted by molar-refractivity contribution is 0.149. The van der Waals surface area contributed by atoms with E-state index in [-0.39, 0.29) is 0 Å². The van der Waals surface area contributed by atoms with Gasteiger partial charge >= 0.3 is 0 Å². The molecule has 0 fully saturated rings. The standard InChI is InChI=1S/C9H13NOS/c1-10-9(11)7-3-5-8(12-2)6-4-7/h3-6,9-11H,1-2H3. The first kappa shape index (κ1) is 9.58. The van der Waals surface area contributed by atoms with E-state index in [9.17, 15) is 5.11 Å². The molecule has 2 nitrogen and oxygen atoms in total. The summed E-state index contributed by atoms with van der Waals surface area (Å²) in [5.74, 6) is 0. The SMILES string of the molecule is CNC(O)c1ccc(SC)cc1. The van der Waals surface area contributed by atoms with Gasteiger partial charge in [-0.2, -0.15) is 0 Å². The molecule has 0 saturated carbocycles. The Balaban J connectivity index is 2.77. The maximum Gasteiger partial charge on any atom is 0.130 e. The van der Waals surface area contributed by atoms with Gasteiger partial charge in [-0.25, -0.2) is 0 Å². The zero-order valence-corrected chi connectivity index (χ0v) is 8.06. The zero-order valence-electron chi connectivity index (χ0n) is 7.24. The molecule has 12 heavy (non-hydrogen) atoms. The van der Waals surface area contributed by atoms with Crippen molar-refractivity contribution in [3.63, 3.8) is 0 Å². The summed E-state index contributed by atoms with van der Waals surface area (Å²) in [6, 6.07) is 7.85. The molecule has 1 aromatic rings. The van der Waals surface area contributed by atoms with E-state index < -0.39 is 6.23 Å². The Kier molecular flexibility index (Phi) is 3.59. The van der Waals surface area contributed by atoms with E-state index in [1.807, 2.05) is 30.5 Å². The summed E-state index contributed by atoms with van der Waals surface area (Å²) in [5, 5.41) is 12.1. The molecule has 0 aliphatic rings. The lowest BCUT2D eigenvalue weighted by Gasteiger charge is -2.09. The van der Waals surface area contributed by atoms with Gasteiger partial charge in [0.05, 0.1) is 0 Å². The average molecular weight is 183 g/mol. The Morgan fingerprint density at radius 1 is 1.33 bits per heavy atom. The molecule has 66 valence electrons. The molecule has 1 rings (SSSR count). The van der Waals surface area contributed by atoms with Crippen LogP contribution in [-0.4, -0.2) is 18.4 Å². The minimum absolute atomic E-state index is 0.555. The van der Waals surface area contributed by atoms with Crippen LogP contribution in [0.25, 0.3) is 0 Å². The second kappa shape index (κ2) is 4.50. The van der Waals surface area contributed by atoms with Crippen molar-refractivity contribution < 1.29 is 5.11 Å². The van der Waals surface area contributed by atoms with Crippen LogP contribution < -0.4 is 5.32 Å². The first-order valence-corrected chi connectivity index (χ1v) is 4.99. The summed E-state index contributed by atoms with van der Waals surface area (Å²) in [4.78, 5) is 1.21. The van der Waals surface area contributed by atoms with Crippen LogP contribution in [0.15, 0.2) is 29.2 Å². The Hall–Kier alpha value is -0.510. The van der Waals surface area contributed by atoms with Crippen molar-refractivity contribution in [2.45, 2.75) is 11.1 Å². The number of thioether (sulfide) groups is 1. The van der Waals surface area contributed by atoms with Crippen molar-refractivity contribution >= 4 is 11.8 Å². The van der Waals surface area contributed by atoms with Gasteiger partial charge < -0.3 is 5.11 Å². The van der Waals surface area contributed by atoms with Crippen LogP contribution in [0.5, 0.6) is 0 Å². The van der Waals surface area contributed by atoms with Gasteiger partial charge in [-0.3, -0.25) is 5.32 Å². The minimum atomic E-state index is -0.555. The molecular formula is C9H13NOS. The summed E-state index contributed by atoms with van der Waals surface area (Å²) in [5.41, 5.74) is 0.898. The summed E-state index contributed by atoms with van der Waals surface area (Å²) >= 11 is 1.69. The van der Waals surface area contributed by atoms with Crippen molar-refractivity contribution in [1.29, 1.82) is 0 Å². The van der Waals surface area contributed by atoms with E-state index in [4.69, 9.17) is 0 Å². The highest BCUT2D eigenvalue weighted by molar-refractivity contribution is 7.98. The number of nitrogens with one attached hydrogen (secondary N) is 1. The van der Waals surface area contributed by atoms with Gasteiger partial charge in [0, 0.05) is 4.90 Å². The summed E-state index contributed by atoms with van der Waals surface area (Å²) in [7, 11) is 1.73. The fourth-order valence-corrected chi connectivity index (χ4v) is 1.36. The second-order valence-corrected chi connectivity index (χ2v) is 3.34. The van der Waals surface area contributed by atoms with Crippen LogP contribution in [0.3, 0.4) is 0 Å². The molecule has 0 spiro atoms. The number of hydrogen-bond acceptors (Lipinski definition) is 3. The van der Waals surface area contributed by atoms with Crippen LogP contribution in [-0.2, 0) is 0 Å². The molecule has 1 unspecified atom stereocenters. The fourth-order valence-electron chi connectivity index (χ4n) is 0.953. The number of hydrogen-bond donors (Lipinski definition) is 2. The first-order valence-electron chi connectivity index (χ1n) is 3.77. The van der Waals surface area contributed by atoms with Crippen molar-refractivity contribution in [3.05, 3.63) is 29.8 Å². The zero-order chi connectivity index (χ0) is 8.97. The first-order chi connectivity index (χ1) is 5.77. The van der Waals surface area contributed by atoms with Gasteiger partial charge in [-0.15, -0.1) is 11.8 Å². The second-order valence-electron chi connectivity index (χ2n) is 2.46. The molecule has 0 aromatic heterocycles. The highest BCUT2D eigenvalue weighted by Gasteiger charge is 2.02. The average Bonchev–Trinajstić information content (AvgIpc) is 2.17.